The third-order valence-corrected chi connectivity index (χ3v) is 3.65. The van der Waals surface area contributed by atoms with Gasteiger partial charge in [-0.1, -0.05) is 51.3 Å². The van der Waals surface area contributed by atoms with Gasteiger partial charge in [-0.3, -0.25) is 0 Å². The van der Waals surface area contributed by atoms with Gasteiger partial charge in [-0.25, -0.2) is 0 Å². The van der Waals surface area contributed by atoms with Crippen LogP contribution in [0.5, 0.6) is 0 Å². The van der Waals surface area contributed by atoms with Crippen LogP contribution >= 0.6 is 0 Å². The Kier molecular flexibility index (Phi) is 8.93. The molecule has 0 aromatic carbocycles. The lowest BCUT2D eigenvalue weighted by atomic mass is 9.76. The van der Waals surface area contributed by atoms with E-state index in [2.05, 4.69) is 39.2 Å². The second-order valence-electron chi connectivity index (χ2n) is 5.36. The molecular formula is C17H29NO2. The average Bonchev–Trinajstić information content (AvgIpc) is 2.40. The van der Waals surface area contributed by atoms with Crippen molar-refractivity contribution in [1.82, 2.24) is 5.32 Å². The van der Waals surface area contributed by atoms with Gasteiger partial charge >= 0.3 is 0 Å². The maximum Gasteiger partial charge on any atom is 0.0612 e. The summed E-state index contributed by atoms with van der Waals surface area (Å²) in [6.45, 7) is 14.8. The normalized spacial score (nSPS) is 16.5. The number of aliphatic hydroxyl groups is 1. The molecule has 3 nitrogen and oxygen atoms in total. The highest BCUT2D eigenvalue weighted by molar-refractivity contribution is 5.20. The predicted octanol–water partition coefficient (Wildman–Crippen LogP) is 3.06. The molecule has 0 aliphatic heterocycles. The highest BCUT2D eigenvalue weighted by Gasteiger charge is 2.35. The standard InChI is InChI=1S/C17H29NO2/c1-7-8-10-15(4)18-17(5,14(2)3)16(13-20-6)11-9-12-19/h7-11,14,16,18-19H,1,4,12-13H2,2-3,5-6H3/b10-8-,11-9+. The number of ether oxygens (including phenoxy) is 1. The molecule has 2 atom stereocenters. The summed E-state index contributed by atoms with van der Waals surface area (Å²) in [7, 11) is 1.69. The van der Waals surface area contributed by atoms with Crippen LogP contribution in [-0.4, -0.2) is 31.0 Å². The third-order valence-electron chi connectivity index (χ3n) is 3.65. The van der Waals surface area contributed by atoms with Crippen molar-refractivity contribution in [2.45, 2.75) is 26.3 Å². The van der Waals surface area contributed by atoms with E-state index < -0.39 is 0 Å². The van der Waals surface area contributed by atoms with Gasteiger partial charge in [0.2, 0.25) is 0 Å². The first kappa shape index (κ1) is 18.7. The monoisotopic (exact) mass is 279 g/mol. The van der Waals surface area contributed by atoms with Crippen LogP contribution in [0.2, 0.25) is 0 Å². The van der Waals surface area contributed by atoms with Gasteiger partial charge in [-0.15, -0.1) is 0 Å². The van der Waals surface area contributed by atoms with Crippen LogP contribution in [0.4, 0.5) is 0 Å². The number of allylic oxidation sites excluding steroid dienone is 3. The van der Waals surface area contributed by atoms with Crippen molar-refractivity contribution >= 4 is 0 Å². The lowest BCUT2D eigenvalue weighted by molar-refractivity contribution is 0.101. The predicted molar refractivity (Wildman–Crippen MR) is 86.4 cm³/mol. The number of nitrogens with one attached hydrogen (secondary N) is 1. The van der Waals surface area contributed by atoms with Crippen LogP contribution in [0, 0.1) is 11.8 Å². The lowest BCUT2D eigenvalue weighted by Crippen LogP contribution is -2.52. The van der Waals surface area contributed by atoms with Crippen LogP contribution in [0.3, 0.4) is 0 Å². The molecule has 0 aromatic rings. The number of hydrogen-bond acceptors (Lipinski definition) is 3. The van der Waals surface area contributed by atoms with Crippen molar-refractivity contribution in [3.63, 3.8) is 0 Å². The average molecular weight is 279 g/mol. The quantitative estimate of drug-likeness (QED) is 0.477. The zero-order valence-corrected chi connectivity index (χ0v) is 13.2. The summed E-state index contributed by atoms with van der Waals surface area (Å²) in [5, 5.41) is 12.5. The van der Waals surface area contributed by atoms with Crippen molar-refractivity contribution in [2.24, 2.45) is 11.8 Å². The Morgan fingerprint density at radius 2 is 2.10 bits per heavy atom. The van der Waals surface area contributed by atoms with Crippen molar-refractivity contribution in [1.29, 1.82) is 0 Å². The molecule has 0 radical (unpaired) electrons. The van der Waals surface area contributed by atoms with E-state index >= 15 is 0 Å². The lowest BCUT2D eigenvalue weighted by Gasteiger charge is -2.41. The van der Waals surface area contributed by atoms with E-state index in [0.29, 0.717) is 12.5 Å². The summed E-state index contributed by atoms with van der Waals surface area (Å²) < 4.78 is 5.32. The fourth-order valence-corrected chi connectivity index (χ4v) is 2.07. The summed E-state index contributed by atoms with van der Waals surface area (Å²) in [4.78, 5) is 0. The molecule has 0 saturated carbocycles. The van der Waals surface area contributed by atoms with Crippen molar-refractivity contribution in [3.05, 3.63) is 49.2 Å². The van der Waals surface area contributed by atoms with E-state index in [-0.39, 0.29) is 18.1 Å². The van der Waals surface area contributed by atoms with Gasteiger partial charge in [0.1, 0.15) is 0 Å². The molecule has 0 bridgehead atoms. The van der Waals surface area contributed by atoms with Gasteiger partial charge in [0.05, 0.1) is 13.2 Å². The molecule has 3 heteroatoms. The second kappa shape index (κ2) is 9.56. The molecule has 0 aromatic heterocycles. The van der Waals surface area contributed by atoms with Gasteiger partial charge in [0, 0.05) is 24.3 Å². The number of aliphatic hydroxyl groups excluding tert-OH is 1. The van der Waals surface area contributed by atoms with Gasteiger partial charge < -0.3 is 15.2 Å². The highest BCUT2D eigenvalue weighted by atomic mass is 16.5. The van der Waals surface area contributed by atoms with E-state index in [9.17, 15) is 0 Å². The minimum absolute atomic E-state index is 0.0334. The summed E-state index contributed by atoms with van der Waals surface area (Å²) >= 11 is 0. The van der Waals surface area contributed by atoms with Crippen molar-refractivity contribution in [2.75, 3.05) is 20.3 Å². The maximum atomic E-state index is 9.00. The largest absolute Gasteiger partial charge is 0.392 e. The Hall–Kier alpha value is -1.32. The first-order valence-electron chi connectivity index (χ1n) is 6.95. The van der Waals surface area contributed by atoms with Crippen LogP contribution in [0.25, 0.3) is 0 Å². The summed E-state index contributed by atoms with van der Waals surface area (Å²) in [6, 6.07) is 0. The Balaban J connectivity index is 5.20. The van der Waals surface area contributed by atoms with E-state index in [1.54, 1.807) is 19.3 Å². The third kappa shape index (κ3) is 5.76. The summed E-state index contributed by atoms with van der Waals surface area (Å²) in [5.41, 5.74) is 0.615. The van der Waals surface area contributed by atoms with Gasteiger partial charge in [-0.05, 0) is 18.9 Å². The Bertz CT molecular complexity index is 358. The molecule has 20 heavy (non-hydrogen) atoms. The van der Waals surface area contributed by atoms with Crippen molar-refractivity contribution < 1.29 is 9.84 Å². The molecule has 0 fully saturated rings. The molecule has 0 amide bonds. The first-order valence-corrected chi connectivity index (χ1v) is 6.95. The Morgan fingerprint density at radius 1 is 1.45 bits per heavy atom. The van der Waals surface area contributed by atoms with Crippen LogP contribution < -0.4 is 5.32 Å². The Morgan fingerprint density at radius 3 is 2.55 bits per heavy atom. The number of methoxy groups -OCH3 is 1. The fraction of sp³-hybridized carbons (Fsp3) is 0.529. The molecule has 0 aliphatic carbocycles. The zero-order valence-electron chi connectivity index (χ0n) is 13.2. The van der Waals surface area contributed by atoms with Crippen LogP contribution in [0.15, 0.2) is 49.2 Å². The summed E-state index contributed by atoms with van der Waals surface area (Å²) in [5.74, 6) is 0.494. The van der Waals surface area contributed by atoms with E-state index in [4.69, 9.17) is 9.84 Å². The molecule has 0 aliphatic rings. The SMILES string of the molecule is C=C/C=C\C(=C)NC(C)(C(C)C)C(/C=C/CO)COC. The number of rotatable bonds is 10. The minimum atomic E-state index is -0.218. The first-order chi connectivity index (χ1) is 9.42. The highest BCUT2D eigenvalue weighted by Crippen LogP contribution is 2.29. The minimum Gasteiger partial charge on any atom is -0.392 e. The van der Waals surface area contributed by atoms with Crippen LogP contribution in [0.1, 0.15) is 20.8 Å². The topological polar surface area (TPSA) is 41.5 Å². The van der Waals surface area contributed by atoms with E-state index in [1.807, 2.05) is 18.2 Å². The van der Waals surface area contributed by atoms with Crippen molar-refractivity contribution in [3.8, 4) is 0 Å². The molecule has 2 unspecified atom stereocenters. The number of hydrogen-bond donors (Lipinski definition) is 2. The zero-order chi connectivity index (χ0) is 15.6. The maximum absolute atomic E-state index is 9.00. The molecule has 0 rings (SSSR count). The van der Waals surface area contributed by atoms with Gasteiger partial charge in [-0.2, -0.15) is 0 Å². The van der Waals surface area contributed by atoms with E-state index in [0.717, 1.165) is 5.70 Å². The summed E-state index contributed by atoms with van der Waals surface area (Å²) in [6.07, 6.45) is 9.23. The van der Waals surface area contributed by atoms with Crippen LogP contribution in [-0.2, 0) is 4.74 Å². The molecule has 0 heterocycles. The molecule has 114 valence electrons. The molecule has 2 N–H and O–H groups in total. The smallest absolute Gasteiger partial charge is 0.0612 e. The van der Waals surface area contributed by atoms with Gasteiger partial charge in [0.15, 0.2) is 0 Å². The molecule has 0 saturated heterocycles. The molecule has 0 spiro atoms. The Labute approximate surface area is 123 Å². The fourth-order valence-electron chi connectivity index (χ4n) is 2.07. The second-order valence-corrected chi connectivity index (χ2v) is 5.36. The van der Waals surface area contributed by atoms with E-state index in [1.165, 1.54) is 0 Å². The molecular weight excluding hydrogens is 250 g/mol. The van der Waals surface area contributed by atoms with Gasteiger partial charge in [0.25, 0.3) is 0 Å².